The van der Waals surface area contributed by atoms with Crippen molar-refractivity contribution in [1.82, 2.24) is 9.88 Å². The van der Waals surface area contributed by atoms with E-state index in [2.05, 4.69) is 21.2 Å². The summed E-state index contributed by atoms with van der Waals surface area (Å²) in [5.41, 5.74) is -0.0000639. The summed E-state index contributed by atoms with van der Waals surface area (Å²) < 4.78 is 2.57. The number of rotatable bonds is 7. The van der Waals surface area contributed by atoms with Gasteiger partial charge in [-0.1, -0.05) is 6.07 Å². The molecule has 0 aromatic carbocycles. The van der Waals surface area contributed by atoms with E-state index < -0.39 is 0 Å². The van der Waals surface area contributed by atoms with Gasteiger partial charge in [0, 0.05) is 34.7 Å². The third-order valence-electron chi connectivity index (χ3n) is 3.01. The highest BCUT2D eigenvalue weighted by Crippen LogP contribution is 2.08. The van der Waals surface area contributed by atoms with Crippen molar-refractivity contribution < 1.29 is 4.79 Å². The molecule has 2 aromatic heterocycles. The molecule has 112 valence electrons. The molecule has 2 aromatic rings. The second-order valence-corrected chi connectivity index (χ2v) is 6.64. The van der Waals surface area contributed by atoms with Gasteiger partial charge in [0.1, 0.15) is 0 Å². The molecule has 1 N–H and O–H groups in total. The van der Waals surface area contributed by atoms with Gasteiger partial charge in [-0.15, -0.1) is 11.3 Å². The van der Waals surface area contributed by atoms with Crippen molar-refractivity contribution in [3.8, 4) is 0 Å². The van der Waals surface area contributed by atoms with Gasteiger partial charge in [0.15, 0.2) is 0 Å². The fraction of sp³-hybridized carbons (Fsp3) is 0.333. The first-order chi connectivity index (χ1) is 10.1. The minimum atomic E-state index is -0.0000639. The van der Waals surface area contributed by atoms with Gasteiger partial charge in [-0.3, -0.25) is 9.59 Å². The topological polar surface area (TPSA) is 51.1 Å². The van der Waals surface area contributed by atoms with Crippen LogP contribution in [0.4, 0.5) is 0 Å². The first kappa shape index (κ1) is 16.0. The van der Waals surface area contributed by atoms with Crippen molar-refractivity contribution >= 4 is 33.2 Å². The molecule has 2 rings (SSSR count). The molecule has 0 fully saturated rings. The van der Waals surface area contributed by atoms with E-state index in [1.807, 2.05) is 17.5 Å². The van der Waals surface area contributed by atoms with E-state index in [1.165, 1.54) is 0 Å². The Kier molecular flexibility index (Phi) is 6.20. The van der Waals surface area contributed by atoms with E-state index >= 15 is 0 Å². The normalized spacial score (nSPS) is 10.5. The summed E-state index contributed by atoms with van der Waals surface area (Å²) in [6, 6.07) is 7.20. The molecule has 0 saturated carbocycles. The van der Waals surface area contributed by atoms with Gasteiger partial charge in [0.2, 0.25) is 5.91 Å². The van der Waals surface area contributed by atoms with Crippen LogP contribution in [-0.2, 0) is 17.8 Å². The van der Waals surface area contributed by atoms with Crippen LogP contribution < -0.4 is 10.9 Å². The molecule has 0 spiro atoms. The van der Waals surface area contributed by atoms with E-state index in [1.54, 1.807) is 34.2 Å². The van der Waals surface area contributed by atoms with Gasteiger partial charge >= 0.3 is 0 Å². The third-order valence-corrected chi connectivity index (χ3v) is 4.36. The summed E-state index contributed by atoms with van der Waals surface area (Å²) in [4.78, 5) is 24.3. The molecular formula is C15H17BrN2O2S. The lowest BCUT2D eigenvalue weighted by molar-refractivity contribution is -0.120. The second kappa shape index (κ2) is 8.14. The zero-order chi connectivity index (χ0) is 15.1. The number of nitrogens with zero attached hydrogens (tertiary/aromatic N) is 1. The predicted molar refractivity (Wildman–Crippen MR) is 88.7 cm³/mol. The van der Waals surface area contributed by atoms with Crippen LogP contribution in [-0.4, -0.2) is 17.0 Å². The van der Waals surface area contributed by atoms with Crippen LogP contribution in [0.3, 0.4) is 0 Å². The molecule has 1 amide bonds. The fourth-order valence-corrected chi connectivity index (χ4v) is 3.03. The number of aromatic nitrogens is 1. The van der Waals surface area contributed by atoms with Crippen LogP contribution in [0.25, 0.3) is 0 Å². The molecule has 0 radical (unpaired) electrons. The van der Waals surface area contributed by atoms with Crippen LogP contribution in [0.5, 0.6) is 0 Å². The van der Waals surface area contributed by atoms with Crippen LogP contribution in [0.15, 0.2) is 45.1 Å². The van der Waals surface area contributed by atoms with Crippen molar-refractivity contribution in [3.05, 3.63) is 55.5 Å². The Morgan fingerprint density at radius 1 is 1.29 bits per heavy atom. The number of amides is 1. The van der Waals surface area contributed by atoms with Crippen LogP contribution in [0.2, 0.25) is 0 Å². The number of halogens is 1. The highest BCUT2D eigenvalue weighted by molar-refractivity contribution is 9.10. The van der Waals surface area contributed by atoms with Crippen LogP contribution >= 0.6 is 27.3 Å². The molecule has 4 nitrogen and oxygen atoms in total. The number of thiophene rings is 1. The minimum Gasteiger partial charge on any atom is -0.356 e. The Balaban J connectivity index is 1.65. The highest BCUT2D eigenvalue weighted by Gasteiger charge is 2.03. The summed E-state index contributed by atoms with van der Waals surface area (Å²) in [6.45, 7) is 1.31. The average Bonchev–Trinajstić information content (AvgIpc) is 2.95. The number of carbonyl (C=O) groups excluding carboxylic acids is 1. The molecule has 6 heteroatoms. The first-order valence-electron chi connectivity index (χ1n) is 6.80. The van der Waals surface area contributed by atoms with Crippen molar-refractivity contribution in [2.75, 3.05) is 6.54 Å². The Hall–Kier alpha value is -1.40. The molecule has 0 atom stereocenters. The number of hydrogen-bond donors (Lipinski definition) is 1. The second-order valence-electron chi connectivity index (χ2n) is 4.69. The Labute approximate surface area is 135 Å². The SMILES string of the molecule is O=C(Cc1cccs1)NCCCCn1cc(Br)ccc1=O. The summed E-state index contributed by atoms with van der Waals surface area (Å²) >= 11 is 4.94. The van der Waals surface area contributed by atoms with Crippen molar-refractivity contribution in [2.45, 2.75) is 25.8 Å². The fourth-order valence-electron chi connectivity index (χ4n) is 1.95. The van der Waals surface area contributed by atoms with E-state index in [4.69, 9.17) is 0 Å². The molecule has 0 aliphatic carbocycles. The zero-order valence-electron chi connectivity index (χ0n) is 11.5. The minimum absolute atomic E-state index is 0.0000639. The maximum atomic E-state index is 11.7. The average molecular weight is 369 g/mol. The number of pyridine rings is 1. The molecule has 0 aliphatic rings. The predicted octanol–water partition coefficient (Wildman–Crippen LogP) is 2.81. The lowest BCUT2D eigenvalue weighted by Crippen LogP contribution is -2.26. The van der Waals surface area contributed by atoms with Crippen molar-refractivity contribution in [3.63, 3.8) is 0 Å². The Morgan fingerprint density at radius 3 is 2.90 bits per heavy atom. The molecule has 0 saturated heterocycles. The summed E-state index contributed by atoms with van der Waals surface area (Å²) in [6.07, 6.45) is 3.95. The van der Waals surface area contributed by atoms with E-state index in [0.717, 1.165) is 22.2 Å². The summed E-state index contributed by atoms with van der Waals surface area (Å²) in [5.74, 6) is 0.0528. The highest BCUT2D eigenvalue weighted by atomic mass is 79.9. The largest absolute Gasteiger partial charge is 0.356 e. The van der Waals surface area contributed by atoms with Crippen molar-refractivity contribution in [2.24, 2.45) is 0 Å². The van der Waals surface area contributed by atoms with Gasteiger partial charge in [-0.2, -0.15) is 0 Å². The lowest BCUT2D eigenvalue weighted by atomic mass is 10.3. The number of carbonyl (C=O) groups is 1. The monoisotopic (exact) mass is 368 g/mol. The third kappa shape index (κ3) is 5.47. The summed E-state index contributed by atoms with van der Waals surface area (Å²) in [5, 5.41) is 4.87. The van der Waals surface area contributed by atoms with E-state index in [0.29, 0.717) is 19.5 Å². The summed E-state index contributed by atoms with van der Waals surface area (Å²) in [7, 11) is 0. The van der Waals surface area contributed by atoms with Gasteiger partial charge in [-0.05, 0) is 46.3 Å². The Bertz CT molecular complexity index is 637. The molecule has 0 aliphatic heterocycles. The number of nitrogens with one attached hydrogen (secondary N) is 1. The maximum absolute atomic E-state index is 11.7. The Morgan fingerprint density at radius 2 is 2.14 bits per heavy atom. The lowest BCUT2D eigenvalue weighted by Gasteiger charge is -2.07. The van der Waals surface area contributed by atoms with Gasteiger partial charge in [0.25, 0.3) is 5.56 Å². The number of unbranched alkanes of at least 4 members (excludes halogenated alkanes) is 1. The first-order valence-corrected chi connectivity index (χ1v) is 8.47. The molecule has 0 bridgehead atoms. The van der Waals surface area contributed by atoms with Gasteiger partial charge < -0.3 is 9.88 Å². The van der Waals surface area contributed by atoms with E-state index in [-0.39, 0.29) is 11.5 Å². The molecule has 2 heterocycles. The maximum Gasteiger partial charge on any atom is 0.250 e. The zero-order valence-corrected chi connectivity index (χ0v) is 14.0. The molecule has 0 unspecified atom stereocenters. The molecular weight excluding hydrogens is 352 g/mol. The number of aryl methyl sites for hydroxylation is 1. The quantitative estimate of drug-likeness (QED) is 0.763. The standard InChI is InChI=1S/C15H17BrN2O2S/c16-12-5-6-15(20)18(11-12)8-2-1-7-17-14(19)10-13-4-3-9-21-13/h3-6,9,11H,1-2,7-8,10H2,(H,17,19). The smallest absolute Gasteiger partial charge is 0.250 e. The van der Waals surface area contributed by atoms with E-state index in [9.17, 15) is 9.59 Å². The van der Waals surface area contributed by atoms with Crippen LogP contribution in [0.1, 0.15) is 17.7 Å². The number of hydrogen-bond acceptors (Lipinski definition) is 3. The molecule has 21 heavy (non-hydrogen) atoms. The van der Waals surface area contributed by atoms with Gasteiger partial charge in [-0.25, -0.2) is 0 Å². The van der Waals surface area contributed by atoms with Crippen molar-refractivity contribution in [1.29, 1.82) is 0 Å². The van der Waals surface area contributed by atoms with Gasteiger partial charge in [0.05, 0.1) is 6.42 Å². The van der Waals surface area contributed by atoms with Crippen LogP contribution in [0, 0.1) is 0 Å².